The molecule has 0 bridgehead atoms. The average Bonchev–Trinajstić information content (AvgIpc) is 3.05. The van der Waals surface area contributed by atoms with Crippen LogP contribution in [-0.4, -0.2) is 30.7 Å². The molecule has 0 fully saturated rings. The smallest absolute Gasteiger partial charge is 0.344 e. The second-order valence-corrected chi connectivity index (χ2v) is 8.44. The number of esters is 1. The first kappa shape index (κ1) is 20.3. The van der Waals surface area contributed by atoms with Crippen molar-refractivity contribution in [3.8, 4) is 11.5 Å². The van der Waals surface area contributed by atoms with E-state index in [9.17, 15) is 9.59 Å². The number of benzene rings is 2. The summed E-state index contributed by atoms with van der Waals surface area (Å²) < 4.78 is 16.6. The first-order valence-corrected chi connectivity index (χ1v) is 10.4. The highest BCUT2D eigenvalue weighted by Gasteiger charge is 2.32. The Hall–Kier alpha value is -3.02. The van der Waals surface area contributed by atoms with Crippen molar-refractivity contribution in [1.82, 2.24) is 5.32 Å². The lowest BCUT2D eigenvalue weighted by Gasteiger charge is -2.26. The van der Waals surface area contributed by atoms with E-state index < -0.39 is 5.97 Å². The average molecular weight is 409 g/mol. The third kappa shape index (κ3) is 4.58. The summed E-state index contributed by atoms with van der Waals surface area (Å²) in [6.07, 6.45) is 3.72. The van der Waals surface area contributed by atoms with Crippen molar-refractivity contribution in [2.24, 2.45) is 0 Å². The van der Waals surface area contributed by atoms with Gasteiger partial charge in [0, 0.05) is 12.0 Å². The number of rotatable bonds is 6. The van der Waals surface area contributed by atoms with Gasteiger partial charge < -0.3 is 19.5 Å². The van der Waals surface area contributed by atoms with E-state index in [4.69, 9.17) is 14.2 Å². The number of nitrogens with one attached hydrogen (secondary N) is 1. The van der Waals surface area contributed by atoms with Crippen LogP contribution in [0, 0.1) is 0 Å². The summed E-state index contributed by atoms with van der Waals surface area (Å²) in [5, 5.41) is 2.97. The van der Waals surface area contributed by atoms with Crippen LogP contribution in [0.5, 0.6) is 11.5 Å². The SMILES string of the molecule is CC1(C)Cc2cccc(OCC(=O)OCC(=O)NC3CCCc4ccccc43)c2O1. The predicted molar refractivity (Wildman–Crippen MR) is 112 cm³/mol. The van der Waals surface area contributed by atoms with Crippen molar-refractivity contribution >= 4 is 11.9 Å². The van der Waals surface area contributed by atoms with Crippen LogP contribution >= 0.6 is 0 Å². The summed E-state index contributed by atoms with van der Waals surface area (Å²) in [5.41, 5.74) is 3.17. The van der Waals surface area contributed by atoms with E-state index in [-0.39, 0.29) is 30.8 Å². The van der Waals surface area contributed by atoms with Crippen molar-refractivity contribution in [2.45, 2.75) is 51.2 Å². The molecule has 30 heavy (non-hydrogen) atoms. The van der Waals surface area contributed by atoms with Gasteiger partial charge in [0.15, 0.2) is 24.7 Å². The second kappa shape index (κ2) is 8.38. The number of ether oxygens (including phenoxy) is 3. The maximum atomic E-state index is 12.3. The summed E-state index contributed by atoms with van der Waals surface area (Å²) in [6, 6.07) is 13.7. The molecular weight excluding hydrogens is 382 g/mol. The molecule has 2 aromatic rings. The van der Waals surface area contributed by atoms with Gasteiger partial charge in [-0.1, -0.05) is 36.4 Å². The number of fused-ring (bicyclic) bond motifs is 2. The van der Waals surface area contributed by atoms with Gasteiger partial charge in [-0.3, -0.25) is 4.79 Å². The molecule has 1 N–H and O–H groups in total. The van der Waals surface area contributed by atoms with Gasteiger partial charge in [0.05, 0.1) is 6.04 Å². The largest absolute Gasteiger partial charge is 0.483 e. The van der Waals surface area contributed by atoms with Gasteiger partial charge in [0.1, 0.15) is 5.60 Å². The lowest BCUT2D eigenvalue weighted by molar-refractivity contribution is -0.150. The molecule has 1 unspecified atom stereocenters. The molecular formula is C24H27NO5. The van der Waals surface area contributed by atoms with Crippen LogP contribution in [0.25, 0.3) is 0 Å². The van der Waals surface area contributed by atoms with Crippen molar-refractivity contribution < 1.29 is 23.8 Å². The molecule has 0 saturated heterocycles. The van der Waals surface area contributed by atoms with Gasteiger partial charge in [-0.15, -0.1) is 0 Å². The molecule has 158 valence electrons. The first-order chi connectivity index (χ1) is 14.4. The van der Waals surface area contributed by atoms with E-state index in [1.165, 1.54) is 5.56 Å². The van der Waals surface area contributed by atoms with Crippen molar-refractivity contribution in [3.05, 3.63) is 59.2 Å². The summed E-state index contributed by atoms with van der Waals surface area (Å²) >= 11 is 0. The van der Waals surface area contributed by atoms with Crippen LogP contribution in [0.2, 0.25) is 0 Å². The Morgan fingerprint density at radius 3 is 2.77 bits per heavy atom. The zero-order valence-electron chi connectivity index (χ0n) is 17.4. The molecule has 1 heterocycles. The van der Waals surface area contributed by atoms with Crippen LogP contribution in [0.4, 0.5) is 0 Å². The molecule has 2 aliphatic rings. The van der Waals surface area contributed by atoms with E-state index in [0.29, 0.717) is 11.5 Å². The third-order valence-corrected chi connectivity index (χ3v) is 5.47. The zero-order chi connectivity index (χ0) is 21.1. The van der Waals surface area contributed by atoms with Gasteiger partial charge in [-0.25, -0.2) is 4.79 Å². The lowest BCUT2D eigenvalue weighted by atomic mass is 9.88. The Labute approximate surface area is 176 Å². The Bertz CT molecular complexity index is 952. The standard InChI is InChI=1S/C24H27NO5/c1-24(2)13-17-9-6-12-20(23(17)30-24)28-15-22(27)29-14-21(26)25-19-11-5-8-16-7-3-4-10-18(16)19/h3-4,6-7,9-10,12,19H,5,8,11,13-15H2,1-2H3,(H,25,26). The minimum absolute atomic E-state index is 0.0372. The Morgan fingerprint density at radius 2 is 1.90 bits per heavy atom. The summed E-state index contributed by atoms with van der Waals surface area (Å²) in [5.74, 6) is 0.280. The molecule has 0 radical (unpaired) electrons. The Balaban J connectivity index is 1.26. The summed E-state index contributed by atoms with van der Waals surface area (Å²) in [7, 11) is 0. The molecule has 1 aliphatic carbocycles. The van der Waals surface area contributed by atoms with E-state index in [1.807, 2.05) is 44.2 Å². The number of aryl methyl sites for hydroxylation is 1. The van der Waals surface area contributed by atoms with Crippen LogP contribution in [-0.2, 0) is 27.2 Å². The van der Waals surface area contributed by atoms with Crippen LogP contribution in [0.15, 0.2) is 42.5 Å². The maximum absolute atomic E-state index is 12.3. The molecule has 1 aliphatic heterocycles. The molecule has 6 nitrogen and oxygen atoms in total. The van der Waals surface area contributed by atoms with Crippen LogP contribution < -0.4 is 14.8 Å². The summed E-state index contributed by atoms with van der Waals surface area (Å²) in [6.45, 7) is 3.42. The fourth-order valence-corrected chi connectivity index (χ4v) is 4.17. The van der Waals surface area contributed by atoms with Crippen molar-refractivity contribution in [3.63, 3.8) is 0 Å². The number of hydrogen-bond donors (Lipinski definition) is 1. The van der Waals surface area contributed by atoms with Gasteiger partial charge in [-0.05, 0) is 50.3 Å². The maximum Gasteiger partial charge on any atom is 0.344 e. The quantitative estimate of drug-likeness (QED) is 0.739. The Morgan fingerprint density at radius 1 is 1.10 bits per heavy atom. The molecule has 0 saturated carbocycles. The lowest BCUT2D eigenvalue weighted by Crippen LogP contribution is -2.34. The second-order valence-electron chi connectivity index (χ2n) is 8.44. The molecule has 4 rings (SSSR count). The number of carbonyl (C=O) groups is 2. The Kier molecular flexibility index (Phi) is 5.66. The first-order valence-electron chi connectivity index (χ1n) is 10.4. The molecule has 1 amide bonds. The predicted octanol–water partition coefficient (Wildman–Crippen LogP) is 3.52. The highest BCUT2D eigenvalue weighted by atomic mass is 16.6. The number of amides is 1. The molecule has 1 atom stereocenters. The van der Waals surface area contributed by atoms with Crippen molar-refractivity contribution in [1.29, 1.82) is 0 Å². The fourth-order valence-electron chi connectivity index (χ4n) is 4.17. The monoisotopic (exact) mass is 409 g/mol. The van der Waals surface area contributed by atoms with E-state index in [0.717, 1.165) is 36.8 Å². The van der Waals surface area contributed by atoms with E-state index >= 15 is 0 Å². The topological polar surface area (TPSA) is 73.9 Å². The minimum Gasteiger partial charge on any atom is -0.483 e. The fraction of sp³-hybridized carbons (Fsp3) is 0.417. The van der Waals surface area contributed by atoms with Crippen molar-refractivity contribution in [2.75, 3.05) is 13.2 Å². The van der Waals surface area contributed by atoms with Crippen LogP contribution in [0.3, 0.4) is 0 Å². The number of hydrogen-bond acceptors (Lipinski definition) is 5. The number of para-hydroxylation sites is 1. The molecule has 6 heteroatoms. The zero-order valence-corrected chi connectivity index (χ0v) is 17.4. The van der Waals surface area contributed by atoms with Crippen LogP contribution in [0.1, 0.15) is 49.4 Å². The normalized spacial score (nSPS) is 18.5. The highest BCUT2D eigenvalue weighted by molar-refractivity contribution is 5.81. The van der Waals surface area contributed by atoms with Gasteiger partial charge >= 0.3 is 5.97 Å². The molecule has 2 aromatic carbocycles. The highest BCUT2D eigenvalue weighted by Crippen LogP contribution is 2.41. The van der Waals surface area contributed by atoms with Gasteiger partial charge in [0.2, 0.25) is 0 Å². The number of carbonyl (C=O) groups excluding carboxylic acids is 2. The minimum atomic E-state index is -0.593. The van der Waals surface area contributed by atoms with E-state index in [1.54, 1.807) is 6.07 Å². The van der Waals surface area contributed by atoms with Gasteiger partial charge in [-0.2, -0.15) is 0 Å². The van der Waals surface area contributed by atoms with Gasteiger partial charge in [0.25, 0.3) is 5.91 Å². The molecule has 0 spiro atoms. The third-order valence-electron chi connectivity index (χ3n) is 5.47. The van der Waals surface area contributed by atoms with E-state index in [2.05, 4.69) is 11.4 Å². The summed E-state index contributed by atoms with van der Waals surface area (Å²) in [4.78, 5) is 24.3. The molecule has 0 aromatic heterocycles.